The highest BCUT2D eigenvalue weighted by Gasteiger charge is 2.16. The number of H-pyrrole nitrogens is 1. The van der Waals surface area contributed by atoms with E-state index in [1.807, 2.05) is 20.8 Å². The van der Waals surface area contributed by atoms with E-state index in [0.717, 1.165) is 0 Å². The van der Waals surface area contributed by atoms with Gasteiger partial charge in [0.05, 0.1) is 6.33 Å². The molecule has 1 rings (SSSR count). The van der Waals surface area contributed by atoms with Gasteiger partial charge in [-0.3, -0.25) is 4.79 Å². The second-order valence-corrected chi connectivity index (χ2v) is 3.94. The Morgan fingerprint density at radius 3 is 2.69 bits per heavy atom. The lowest BCUT2D eigenvalue weighted by molar-refractivity contribution is 0.124. The standard InChI is InChI=1S/C8H11ClN2O2/c1-8(2,3)13-7-5(9)6(12)10-4-11-7/h4H,1-3H3,(H,10,11,12). The van der Waals surface area contributed by atoms with Crippen LogP contribution in [0.15, 0.2) is 11.1 Å². The molecule has 4 nitrogen and oxygen atoms in total. The molecule has 72 valence electrons. The molecule has 0 atom stereocenters. The smallest absolute Gasteiger partial charge is 0.273 e. The van der Waals surface area contributed by atoms with E-state index in [0.29, 0.717) is 0 Å². The lowest BCUT2D eigenvalue weighted by Crippen LogP contribution is -2.25. The monoisotopic (exact) mass is 202 g/mol. The van der Waals surface area contributed by atoms with Crippen LogP contribution in [0.5, 0.6) is 5.88 Å². The molecule has 0 saturated carbocycles. The van der Waals surface area contributed by atoms with E-state index in [9.17, 15) is 4.79 Å². The summed E-state index contributed by atoms with van der Waals surface area (Å²) in [6.45, 7) is 5.56. The molecule has 1 aromatic heterocycles. The minimum Gasteiger partial charge on any atom is -0.471 e. The molecule has 0 aromatic carbocycles. The molecular formula is C8H11ClN2O2. The quantitative estimate of drug-likeness (QED) is 0.753. The van der Waals surface area contributed by atoms with Crippen LogP contribution >= 0.6 is 11.6 Å². The fraction of sp³-hybridized carbons (Fsp3) is 0.500. The summed E-state index contributed by atoms with van der Waals surface area (Å²) in [5, 5.41) is -0.0163. The van der Waals surface area contributed by atoms with Crippen molar-refractivity contribution in [2.45, 2.75) is 26.4 Å². The van der Waals surface area contributed by atoms with E-state index in [1.165, 1.54) is 6.33 Å². The van der Waals surface area contributed by atoms with Crippen molar-refractivity contribution in [3.8, 4) is 5.88 Å². The summed E-state index contributed by atoms with van der Waals surface area (Å²) >= 11 is 5.67. The van der Waals surface area contributed by atoms with Gasteiger partial charge in [-0.1, -0.05) is 11.6 Å². The van der Waals surface area contributed by atoms with Gasteiger partial charge in [0.25, 0.3) is 5.56 Å². The van der Waals surface area contributed by atoms with Gasteiger partial charge in [-0.25, -0.2) is 4.98 Å². The van der Waals surface area contributed by atoms with Gasteiger partial charge >= 0.3 is 0 Å². The van der Waals surface area contributed by atoms with Crippen molar-refractivity contribution in [3.63, 3.8) is 0 Å². The number of aromatic amines is 1. The van der Waals surface area contributed by atoms with Gasteiger partial charge in [0.15, 0.2) is 5.02 Å². The third-order valence-corrected chi connectivity index (χ3v) is 1.50. The van der Waals surface area contributed by atoms with Crippen LogP contribution in [-0.2, 0) is 0 Å². The second-order valence-electron chi connectivity index (χ2n) is 3.57. The van der Waals surface area contributed by atoms with Crippen LogP contribution in [0.3, 0.4) is 0 Å². The molecule has 1 N–H and O–H groups in total. The lowest BCUT2D eigenvalue weighted by Gasteiger charge is -2.20. The Labute approximate surface area is 80.9 Å². The fourth-order valence-electron chi connectivity index (χ4n) is 0.728. The Kier molecular flexibility index (Phi) is 2.61. The molecule has 0 saturated heterocycles. The zero-order valence-electron chi connectivity index (χ0n) is 7.72. The zero-order valence-corrected chi connectivity index (χ0v) is 8.47. The number of ether oxygens (including phenoxy) is 1. The van der Waals surface area contributed by atoms with Gasteiger partial charge in [-0.15, -0.1) is 0 Å². The van der Waals surface area contributed by atoms with Gasteiger partial charge in [-0.2, -0.15) is 0 Å². The third-order valence-electron chi connectivity index (χ3n) is 1.17. The number of nitrogens with one attached hydrogen (secondary N) is 1. The topological polar surface area (TPSA) is 55.0 Å². The summed E-state index contributed by atoms with van der Waals surface area (Å²) in [4.78, 5) is 17.2. The summed E-state index contributed by atoms with van der Waals surface area (Å²) in [6, 6.07) is 0. The first-order valence-corrected chi connectivity index (χ1v) is 4.20. The molecule has 0 aliphatic carbocycles. The van der Waals surface area contributed by atoms with Crippen LogP contribution in [-0.4, -0.2) is 15.6 Å². The molecule has 0 aliphatic heterocycles. The van der Waals surface area contributed by atoms with Gasteiger partial charge in [0.2, 0.25) is 5.88 Å². The van der Waals surface area contributed by atoms with Gasteiger partial charge in [0.1, 0.15) is 5.60 Å². The maximum absolute atomic E-state index is 11.0. The third kappa shape index (κ3) is 2.73. The Morgan fingerprint density at radius 2 is 2.15 bits per heavy atom. The summed E-state index contributed by atoms with van der Waals surface area (Å²) in [5.74, 6) is 0.165. The molecule has 1 aromatic rings. The molecule has 0 amide bonds. The molecule has 1 heterocycles. The minimum absolute atomic E-state index is 0.0163. The van der Waals surface area contributed by atoms with E-state index >= 15 is 0 Å². The van der Waals surface area contributed by atoms with E-state index in [-0.39, 0.29) is 10.9 Å². The SMILES string of the molecule is CC(C)(C)Oc1nc[nH]c(=O)c1Cl. The summed E-state index contributed by atoms with van der Waals surface area (Å²) in [7, 11) is 0. The number of halogens is 1. The van der Waals surface area contributed by atoms with Crippen LogP contribution in [0.1, 0.15) is 20.8 Å². The molecule has 5 heteroatoms. The lowest BCUT2D eigenvalue weighted by atomic mass is 10.2. The first-order chi connectivity index (χ1) is 5.90. The molecule has 0 aliphatic rings. The first kappa shape index (κ1) is 10.1. The molecule has 0 radical (unpaired) electrons. The normalized spacial score (nSPS) is 11.4. The Morgan fingerprint density at radius 1 is 1.54 bits per heavy atom. The van der Waals surface area contributed by atoms with Crippen molar-refractivity contribution < 1.29 is 4.74 Å². The number of hydrogen-bond donors (Lipinski definition) is 1. The average Bonchev–Trinajstić information content (AvgIpc) is 1.96. The highest BCUT2D eigenvalue weighted by molar-refractivity contribution is 6.31. The van der Waals surface area contributed by atoms with Crippen LogP contribution in [0.25, 0.3) is 0 Å². The van der Waals surface area contributed by atoms with E-state index in [2.05, 4.69) is 9.97 Å². The largest absolute Gasteiger partial charge is 0.471 e. The molecule has 0 fully saturated rings. The van der Waals surface area contributed by atoms with E-state index in [1.54, 1.807) is 0 Å². The van der Waals surface area contributed by atoms with Crippen LogP contribution in [0, 0.1) is 0 Å². The van der Waals surface area contributed by atoms with Crippen molar-refractivity contribution in [1.29, 1.82) is 0 Å². The Hall–Kier alpha value is -1.03. The minimum atomic E-state index is -0.412. The first-order valence-electron chi connectivity index (χ1n) is 3.82. The van der Waals surface area contributed by atoms with Crippen LogP contribution in [0.2, 0.25) is 5.02 Å². The van der Waals surface area contributed by atoms with Crippen molar-refractivity contribution in [1.82, 2.24) is 9.97 Å². The predicted octanol–water partition coefficient (Wildman–Crippen LogP) is 1.60. The maximum Gasteiger partial charge on any atom is 0.273 e. The maximum atomic E-state index is 11.0. The number of aromatic nitrogens is 2. The summed E-state index contributed by atoms with van der Waals surface area (Å²) in [5.41, 5.74) is -0.805. The van der Waals surface area contributed by atoms with Crippen LogP contribution in [0.4, 0.5) is 0 Å². The Balaban J connectivity index is 3.03. The molecule has 0 spiro atoms. The molecule has 13 heavy (non-hydrogen) atoms. The fourth-order valence-corrected chi connectivity index (χ4v) is 0.870. The van der Waals surface area contributed by atoms with Crippen molar-refractivity contribution in [2.75, 3.05) is 0 Å². The number of hydrogen-bond acceptors (Lipinski definition) is 3. The van der Waals surface area contributed by atoms with Gasteiger partial charge < -0.3 is 9.72 Å². The predicted molar refractivity (Wildman–Crippen MR) is 50.2 cm³/mol. The molecular weight excluding hydrogens is 192 g/mol. The highest BCUT2D eigenvalue weighted by Crippen LogP contribution is 2.20. The zero-order chi connectivity index (χ0) is 10.1. The van der Waals surface area contributed by atoms with Gasteiger partial charge in [-0.05, 0) is 20.8 Å². The van der Waals surface area contributed by atoms with Crippen molar-refractivity contribution in [3.05, 3.63) is 21.7 Å². The van der Waals surface area contributed by atoms with Crippen molar-refractivity contribution in [2.24, 2.45) is 0 Å². The number of rotatable bonds is 1. The van der Waals surface area contributed by atoms with Crippen molar-refractivity contribution >= 4 is 11.6 Å². The molecule has 0 unspecified atom stereocenters. The van der Waals surface area contributed by atoms with E-state index < -0.39 is 11.2 Å². The summed E-state index contributed by atoms with van der Waals surface area (Å²) in [6.07, 6.45) is 1.26. The summed E-state index contributed by atoms with van der Waals surface area (Å²) < 4.78 is 5.35. The highest BCUT2D eigenvalue weighted by atomic mass is 35.5. The van der Waals surface area contributed by atoms with Crippen LogP contribution < -0.4 is 10.3 Å². The second kappa shape index (κ2) is 3.38. The number of nitrogens with zero attached hydrogens (tertiary/aromatic N) is 1. The molecule has 0 bridgehead atoms. The average molecular weight is 203 g/mol. The Bertz CT molecular complexity index is 354. The van der Waals surface area contributed by atoms with Gasteiger partial charge in [0, 0.05) is 0 Å². The van der Waals surface area contributed by atoms with E-state index in [4.69, 9.17) is 16.3 Å².